The Morgan fingerprint density at radius 2 is 1.67 bits per heavy atom. The number of hydrogen-bond acceptors (Lipinski definition) is 1. The molecule has 0 atom stereocenters. The van der Waals surface area contributed by atoms with Crippen LogP contribution in [0.25, 0.3) is 0 Å². The first kappa shape index (κ1) is 12.9. The summed E-state index contributed by atoms with van der Waals surface area (Å²) in [7, 11) is 0. The van der Waals surface area contributed by atoms with Crippen LogP contribution < -0.4 is 0 Å². The Bertz CT molecular complexity index is 221. The SMILES string of the molecule is CC(C)[CH2][Al]([CH2]C(C)C)[N]1C=CC=CC1. The summed E-state index contributed by atoms with van der Waals surface area (Å²) >= 11 is -0.736. The predicted octanol–water partition coefficient (Wildman–Crippen LogP) is 3.68. The molecule has 0 amide bonds. The second kappa shape index (κ2) is 6.41. The van der Waals surface area contributed by atoms with E-state index >= 15 is 0 Å². The molecule has 2 heteroatoms. The summed E-state index contributed by atoms with van der Waals surface area (Å²) < 4.78 is 2.62. The lowest BCUT2D eigenvalue weighted by Crippen LogP contribution is -2.38. The van der Waals surface area contributed by atoms with Crippen LogP contribution in [-0.4, -0.2) is 24.8 Å². The van der Waals surface area contributed by atoms with E-state index in [1.54, 1.807) is 0 Å². The largest absolute Gasteiger partial charge is 0.466 e. The highest BCUT2D eigenvalue weighted by atomic mass is 27.2. The monoisotopic (exact) mass is 221 g/mol. The van der Waals surface area contributed by atoms with Gasteiger partial charge in [-0.05, 0) is 12.3 Å². The van der Waals surface area contributed by atoms with Gasteiger partial charge in [-0.15, -0.1) is 0 Å². The fourth-order valence-corrected chi connectivity index (χ4v) is 5.88. The van der Waals surface area contributed by atoms with Crippen molar-refractivity contribution in [1.82, 2.24) is 3.88 Å². The van der Waals surface area contributed by atoms with E-state index in [-0.39, 0.29) is 0 Å². The third-order valence-electron chi connectivity index (χ3n) is 2.80. The standard InChI is InChI=1S/C5H6N.2C4H9.Al/c1-2-4-6-5-3-1;2*1-4(2)3;/h1-4H,5H2;2*4H,1H2,2-3H3;/q-1;;;+1. The molecule has 1 aliphatic heterocycles. The molecule has 0 aromatic carbocycles. The third-order valence-corrected chi connectivity index (χ3v) is 7.09. The molecule has 0 aromatic heterocycles. The van der Waals surface area contributed by atoms with Crippen LogP contribution in [0.5, 0.6) is 0 Å². The average Bonchev–Trinajstić information content (AvgIpc) is 2.17. The van der Waals surface area contributed by atoms with E-state index in [1.807, 2.05) is 0 Å². The van der Waals surface area contributed by atoms with Gasteiger partial charge in [-0.3, -0.25) is 0 Å². The Balaban J connectivity index is 2.54. The highest BCUT2D eigenvalue weighted by molar-refractivity contribution is 6.56. The van der Waals surface area contributed by atoms with Crippen LogP contribution in [-0.2, 0) is 0 Å². The first-order chi connectivity index (χ1) is 7.09. The molecule has 1 rings (SSSR count). The molecule has 0 radical (unpaired) electrons. The molecule has 0 bridgehead atoms. The first-order valence-electron chi connectivity index (χ1n) is 6.18. The quantitative estimate of drug-likeness (QED) is 0.640. The van der Waals surface area contributed by atoms with Gasteiger partial charge in [-0.2, -0.15) is 0 Å². The van der Waals surface area contributed by atoms with Gasteiger partial charge in [-0.1, -0.05) is 62.2 Å². The molecule has 1 nitrogen and oxygen atoms in total. The van der Waals surface area contributed by atoms with Crippen LogP contribution in [0, 0.1) is 11.8 Å². The highest BCUT2D eigenvalue weighted by Crippen LogP contribution is 2.19. The summed E-state index contributed by atoms with van der Waals surface area (Å²) in [6.07, 6.45) is 8.93. The molecule has 0 aromatic rings. The smallest absolute Gasteiger partial charge is 0.414 e. The van der Waals surface area contributed by atoms with Gasteiger partial charge < -0.3 is 3.88 Å². The van der Waals surface area contributed by atoms with Crippen molar-refractivity contribution in [3.63, 3.8) is 0 Å². The molecule has 84 valence electrons. The Kier molecular flexibility index (Phi) is 5.50. The number of allylic oxidation sites excluding steroid dienone is 2. The van der Waals surface area contributed by atoms with E-state index in [9.17, 15) is 0 Å². The van der Waals surface area contributed by atoms with Crippen molar-refractivity contribution < 1.29 is 0 Å². The normalized spacial score (nSPS) is 15.5. The lowest BCUT2D eigenvalue weighted by atomic mass is 10.3. The minimum absolute atomic E-state index is 0.736. The second-order valence-electron chi connectivity index (χ2n) is 5.38. The molecular weight excluding hydrogens is 197 g/mol. The molecule has 0 saturated heterocycles. The molecule has 1 heterocycles. The summed E-state index contributed by atoms with van der Waals surface area (Å²) in [6, 6.07) is 0. The van der Waals surface area contributed by atoms with Gasteiger partial charge in [0.25, 0.3) is 0 Å². The van der Waals surface area contributed by atoms with Crippen LogP contribution in [0.2, 0.25) is 10.6 Å². The van der Waals surface area contributed by atoms with Crippen LogP contribution in [0.15, 0.2) is 24.4 Å². The average molecular weight is 221 g/mol. The van der Waals surface area contributed by atoms with Gasteiger partial charge in [0.05, 0.1) is 0 Å². The summed E-state index contributed by atoms with van der Waals surface area (Å²) in [6.45, 7) is 10.5. The van der Waals surface area contributed by atoms with Crippen molar-refractivity contribution >= 4 is 14.4 Å². The predicted molar refractivity (Wildman–Crippen MR) is 70.0 cm³/mol. The van der Waals surface area contributed by atoms with Crippen LogP contribution >= 0.6 is 0 Å². The fourth-order valence-electron chi connectivity index (χ4n) is 2.21. The summed E-state index contributed by atoms with van der Waals surface area (Å²) in [4.78, 5) is 0. The van der Waals surface area contributed by atoms with Gasteiger partial charge in [0.2, 0.25) is 0 Å². The Labute approximate surface area is 99.5 Å². The lowest BCUT2D eigenvalue weighted by Gasteiger charge is -2.30. The van der Waals surface area contributed by atoms with E-state index in [0.29, 0.717) is 0 Å². The minimum atomic E-state index is -0.736. The van der Waals surface area contributed by atoms with Crippen molar-refractivity contribution in [1.29, 1.82) is 0 Å². The highest BCUT2D eigenvalue weighted by Gasteiger charge is 2.26. The molecule has 15 heavy (non-hydrogen) atoms. The maximum absolute atomic E-state index is 2.62. The molecule has 0 aliphatic carbocycles. The second-order valence-corrected chi connectivity index (χ2v) is 8.29. The summed E-state index contributed by atoms with van der Waals surface area (Å²) in [5.41, 5.74) is 0. The van der Waals surface area contributed by atoms with Gasteiger partial charge >= 0.3 is 14.4 Å². The Morgan fingerprint density at radius 1 is 1.07 bits per heavy atom. The van der Waals surface area contributed by atoms with Gasteiger partial charge in [0.15, 0.2) is 0 Å². The van der Waals surface area contributed by atoms with Gasteiger partial charge in [0, 0.05) is 6.54 Å². The summed E-state index contributed by atoms with van der Waals surface area (Å²) in [5.74, 6) is 1.69. The number of nitrogens with zero attached hydrogens (tertiary/aromatic N) is 1. The Hall–Kier alpha value is -0.188. The van der Waals surface area contributed by atoms with E-state index < -0.39 is 14.4 Å². The van der Waals surface area contributed by atoms with Gasteiger partial charge in [0.1, 0.15) is 0 Å². The van der Waals surface area contributed by atoms with Crippen molar-refractivity contribution in [3.05, 3.63) is 24.4 Å². The van der Waals surface area contributed by atoms with Crippen molar-refractivity contribution in [2.45, 2.75) is 38.3 Å². The topological polar surface area (TPSA) is 3.24 Å². The van der Waals surface area contributed by atoms with E-state index in [0.717, 1.165) is 18.4 Å². The van der Waals surface area contributed by atoms with Crippen molar-refractivity contribution in [2.75, 3.05) is 6.54 Å². The molecular formula is C13H24AlN. The number of rotatable bonds is 5. The zero-order valence-corrected chi connectivity index (χ0v) is 11.8. The summed E-state index contributed by atoms with van der Waals surface area (Å²) in [5, 5.41) is 2.88. The molecule has 1 aliphatic rings. The first-order valence-corrected chi connectivity index (χ1v) is 8.33. The van der Waals surface area contributed by atoms with Crippen LogP contribution in [0.3, 0.4) is 0 Å². The van der Waals surface area contributed by atoms with Crippen LogP contribution in [0.1, 0.15) is 27.7 Å². The molecule has 0 N–H and O–H groups in total. The fraction of sp³-hybridized carbons (Fsp3) is 0.692. The van der Waals surface area contributed by atoms with E-state index in [1.165, 1.54) is 10.6 Å². The van der Waals surface area contributed by atoms with Crippen LogP contribution in [0.4, 0.5) is 0 Å². The molecule has 0 spiro atoms. The molecule has 0 unspecified atom stereocenters. The van der Waals surface area contributed by atoms with Crippen molar-refractivity contribution in [3.8, 4) is 0 Å². The third kappa shape index (κ3) is 4.91. The Morgan fingerprint density at radius 3 is 2.07 bits per heavy atom. The zero-order chi connectivity index (χ0) is 11.3. The van der Waals surface area contributed by atoms with E-state index in [2.05, 4.69) is 56.0 Å². The number of hydrogen-bond donors (Lipinski definition) is 0. The molecule has 0 saturated carbocycles. The lowest BCUT2D eigenvalue weighted by molar-refractivity contribution is 0.576. The zero-order valence-electron chi connectivity index (χ0n) is 10.6. The molecule has 0 fully saturated rings. The van der Waals surface area contributed by atoms with E-state index in [4.69, 9.17) is 0 Å². The maximum Gasteiger partial charge on any atom is 0.414 e. The maximum atomic E-state index is 2.62. The van der Waals surface area contributed by atoms with Crippen molar-refractivity contribution in [2.24, 2.45) is 11.8 Å². The van der Waals surface area contributed by atoms with Gasteiger partial charge in [-0.25, -0.2) is 0 Å². The minimum Gasteiger partial charge on any atom is -0.466 e.